The van der Waals surface area contributed by atoms with Crippen molar-refractivity contribution in [2.45, 2.75) is 11.8 Å². The molecule has 22 heavy (non-hydrogen) atoms. The van der Waals surface area contributed by atoms with Crippen LogP contribution in [-0.2, 0) is 10.0 Å². The van der Waals surface area contributed by atoms with Crippen molar-refractivity contribution in [1.82, 2.24) is 4.83 Å². The predicted molar refractivity (Wildman–Crippen MR) is 87.5 cm³/mol. The van der Waals surface area contributed by atoms with Crippen LogP contribution in [0.1, 0.15) is 18.1 Å². The van der Waals surface area contributed by atoms with Crippen molar-refractivity contribution in [3.05, 3.63) is 59.7 Å². The van der Waals surface area contributed by atoms with Crippen molar-refractivity contribution in [3.8, 4) is 5.75 Å². The van der Waals surface area contributed by atoms with Crippen LogP contribution in [0.2, 0.25) is 0 Å². The third-order valence-electron chi connectivity index (χ3n) is 3.27. The lowest BCUT2D eigenvalue weighted by Crippen LogP contribution is -2.30. The van der Waals surface area contributed by atoms with Crippen molar-refractivity contribution in [1.29, 1.82) is 0 Å². The largest absolute Gasteiger partial charge is 0.497 e. The highest BCUT2D eigenvalue weighted by atomic mass is 32.2. The normalized spacial score (nSPS) is 12.2. The van der Waals surface area contributed by atoms with Crippen molar-refractivity contribution >= 4 is 21.7 Å². The fraction of sp³-hybridized carbons (Fsp3) is 0.125. The Labute approximate surface area is 130 Å². The van der Waals surface area contributed by atoms with Gasteiger partial charge >= 0.3 is 0 Å². The number of benzene rings is 2. The SMILES string of the molecule is COc1ccc(/C(C)=C/c2ccc(S(=O)(=O)NN)cc2)cc1. The van der Waals surface area contributed by atoms with E-state index < -0.39 is 10.0 Å². The Hall–Kier alpha value is -2.15. The van der Waals surface area contributed by atoms with Gasteiger partial charge in [0, 0.05) is 0 Å². The summed E-state index contributed by atoms with van der Waals surface area (Å²) >= 11 is 0. The van der Waals surface area contributed by atoms with Gasteiger partial charge in [-0.05, 0) is 47.9 Å². The van der Waals surface area contributed by atoms with Crippen LogP contribution in [-0.4, -0.2) is 15.5 Å². The molecule has 5 nitrogen and oxygen atoms in total. The molecule has 2 rings (SSSR count). The van der Waals surface area contributed by atoms with Gasteiger partial charge < -0.3 is 4.74 Å². The molecule has 0 aliphatic rings. The molecule has 0 heterocycles. The lowest BCUT2D eigenvalue weighted by Gasteiger charge is -2.05. The van der Waals surface area contributed by atoms with Gasteiger partial charge in [-0.25, -0.2) is 8.42 Å². The van der Waals surface area contributed by atoms with E-state index in [1.807, 2.05) is 37.3 Å². The molecular weight excluding hydrogens is 300 g/mol. The topological polar surface area (TPSA) is 81.4 Å². The van der Waals surface area contributed by atoms with Crippen LogP contribution in [0.4, 0.5) is 0 Å². The van der Waals surface area contributed by atoms with E-state index in [1.165, 1.54) is 12.1 Å². The molecule has 0 spiro atoms. The van der Waals surface area contributed by atoms with Crippen molar-refractivity contribution in [3.63, 3.8) is 0 Å². The predicted octanol–water partition coefficient (Wildman–Crippen LogP) is 2.41. The molecule has 6 heteroatoms. The van der Waals surface area contributed by atoms with Crippen LogP contribution >= 0.6 is 0 Å². The summed E-state index contributed by atoms with van der Waals surface area (Å²) < 4.78 is 28.2. The first-order valence-electron chi connectivity index (χ1n) is 6.61. The number of allylic oxidation sites excluding steroid dienone is 1. The van der Waals surface area contributed by atoms with E-state index in [2.05, 4.69) is 0 Å². The monoisotopic (exact) mass is 318 g/mol. The number of hydrazine groups is 1. The van der Waals surface area contributed by atoms with Gasteiger partial charge in [-0.15, -0.1) is 0 Å². The third kappa shape index (κ3) is 3.73. The molecule has 0 atom stereocenters. The third-order valence-corrected chi connectivity index (χ3v) is 4.48. The average molecular weight is 318 g/mol. The van der Waals surface area contributed by atoms with E-state index >= 15 is 0 Å². The quantitative estimate of drug-likeness (QED) is 0.504. The molecule has 0 fully saturated rings. The molecule has 0 aliphatic carbocycles. The zero-order valence-electron chi connectivity index (χ0n) is 12.4. The second kappa shape index (κ2) is 6.74. The van der Waals surface area contributed by atoms with Gasteiger partial charge in [0.25, 0.3) is 10.0 Å². The van der Waals surface area contributed by atoms with Crippen LogP contribution in [0, 0.1) is 0 Å². The number of sulfonamides is 1. The summed E-state index contributed by atoms with van der Waals surface area (Å²) in [6.07, 6.45) is 1.98. The first-order chi connectivity index (χ1) is 10.5. The summed E-state index contributed by atoms with van der Waals surface area (Å²) in [7, 11) is -1.98. The molecule has 0 saturated carbocycles. The lowest BCUT2D eigenvalue weighted by atomic mass is 10.0. The Morgan fingerprint density at radius 1 is 1.09 bits per heavy atom. The lowest BCUT2D eigenvalue weighted by molar-refractivity contribution is 0.415. The molecule has 0 aliphatic heterocycles. The molecule has 2 aromatic rings. The molecule has 3 N–H and O–H groups in total. The van der Waals surface area contributed by atoms with Gasteiger partial charge in [0.2, 0.25) is 0 Å². The maximum atomic E-state index is 11.6. The van der Waals surface area contributed by atoms with Gasteiger partial charge in [-0.1, -0.05) is 30.3 Å². The fourth-order valence-corrected chi connectivity index (χ4v) is 2.63. The second-order valence-corrected chi connectivity index (χ2v) is 6.46. The first-order valence-corrected chi connectivity index (χ1v) is 8.10. The number of rotatable bonds is 5. The highest BCUT2D eigenvalue weighted by molar-refractivity contribution is 7.89. The average Bonchev–Trinajstić information content (AvgIpc) is 2.55. The van der Waals surface area contributed by atoms with Crippen LogP contribution < -0.4 is 15.4 Å². The zero-order valence-corrected chi connectivity index (χ0v) is 13.2. The molecule has 0 radical (unpaired) electrons. The van der Waals surface area contributed by atoms with E-state index in [4.69, 9.17) is 10.6 Å². The highest BCUT2D eigenvalue weighted by Crippen LogP contribution is 2.21. The molecule has 0 saturated heterocycles. The van der Waals surface area contributed by atoms with Crippen LogP contribution in [0.15, 0.2) is 53.4 Å². The number of ether oxygens (including phenoxy) is 1. The minimum Gasteiger partial charge on any atom is -0.497 e. The number of methoxy groups -OCH3 is 1. The molecule has 2 aromatic carbocycles. The second-order valence-electron chi connectivity index (χ2n) is 4.75. The van der Waals surface area contributed by atoms with Crippen LogP contribution in [0.5, 0.6) is 5.75 Å². The first kappa shape index (κ1) is 16.2. The highest BCUT2D eigenvalue weighted by Gasteiger charge is 2.10. The van der Waals surface area contributed by atoms with Crippen molar-refractivity contribution < 1.29 is 13.2 Å². The van der Waals surface area contributed by atoms with Crippen LogP contribution in [0.3, 0.4) is 0 Å². The Morgan fingerprint density at radius 2 is 1.68 bits per heavy atom. The van der Waals surface area contributed by atoms with Gasteiger partial charge in [-0.2, -0.15) is 4.83 Å². The summed E-state index contributed by atoms with van der Waals surface area (Å²) in [4.78, 5) is 1.93. The van der Waals surface area contributed by atoms with E-state index in [1.54, 1.807) is 24.1 Å². The standard InChI is InChI=1S/C16H18N2O3S/c1-12(14-5-7-15(21-2)8-6-14)11-13-3-9-16(10-4-13)22(19,20)18-17/h3-11,18H,17H2,1-2H3/b12-11+. The Balaban J connectivity index is 2.24. The zero-order chi connectivity index (χ0) is 16.2. The molecule has 116 valence electrons. The molecule has 0 aromatic heterocycles. The summed E-state index contributed by atoms with van der Waals surface area (Å²) in [5.74, 6) is 5.80. The number of nitrogens with two attached hydrogens (primary N) is 1. The number of nitrogens with one attached hydrogen (secondary N) is 1. The maximum Gasteiger partial charge on any atom is 0.253 e. The minimum absolute atomic E-state index is 0.134. The van der Waals surface area contributed by atoms with Gasteiger partial charge in [0.05, 0.1) is 12.0 Å². The summed E-state index contributed by atoms with van der Waals surface area (Å²) in [5.41, 5.74) is 3.04. The summed E-state index contributed by atoms with van der Waals surface area (Å²) in [5, 5.41) is 0. The van der Waals surface area contributed by atoms with Crippen molar-refractivity contribution in [2.24, 2.45) is 5.84 Å². The van der Waals surface area contributed by atoms with E-state index in [0.717, 1.165) is 22.4 Å². The summed E-state index contributed by atoms with van der Waals surface area (Å²) in [6.45, 7) is 1.99. The maximum absolute atomic E-state index is 11.6. The van der Waals surface area contributed by atoms with Gasteiger partial charge in [0.15, 0.2) is 0 Å². The van der Waals surface area contributed by atoms with E-state index in [0.29, 0.717) is 0 Å². The number of hydrogen-bond acceptors (Lipinski definition) is 4. The smallest absolute Gasteiger partial charge is 0.253 e. The van der Waals surface area contributed by atoms with Gasteiger partial charge in [0.1, 0.15) is 5.75 Å². The molecule has 0 amide bonds. The van der Waals surface area contributed by atoms with E-state index in [-0.39, 0.29) is 4.90 Å². The molecular formula is C16H18N2O3S. The van der Waals surface area contributed by atoms with Crippen LogP contribution in [0.25, 0.3) is 11.6 Å². The van der Waals surface area contributed by atoms with Crippen molar-refractivity contribution in [2.75, 3.05) is 7.11 Å². The molecule has 0 unspecified atom stereocenters. The van der Waals surface area contributed by atoms with E-state index in [9.17, 15) is 8.42 Å². The Bertz CT molecular complexity index is 764. The molecule has 0 bridgehead atoms. The Morgan fingerprint density at radius 3 is 2.18 bits per heavy atom. The van der Waals surface area contributed by atoms with Gasteiger partial charge in [-0.3, -0.25) is 5.84 Å². The Kier molecular flexibility index (Phi) is 4.97. The minimum atomic E-state index is -3.61. The number of hydrogen-bond donors (Lipinski definition) is 2. The summed E-state index contributed by atoms with van der Waals surface area (Å²) in [6, 6.07) is 14.2. The fourth-order valence-electron chi connectivity index (χ4n) is 2.00.